The van der Waals surface area contributed by atoms with Gasteiger partial charge in [0.25, 0.3) is 0 Å². The number of piperidine rings is 1. The van der Waals surface area contributed by atoms with Gasteiger partial charge in [-0.3, -0.25) is 9.58 Å². The minimum absolute atomic E-state index is 0.0239. The molecule has 7 nitrogen and oxygen atoms in total. The molecule has 1 aromatic heterocycles. The predicted molar refractivity (Wildman–Crippen MR) is 139 cm³/mol. The Bertz CT molecular complexity index is 1360. The highest BCUT2D eigenvalue weighted by atomic mass is 19.4. The fourth-order valence-corrected chi connectivity index (χ4v) is 5.86. The largest absolute Gasteiger partial charge is 0.416 e. The first-order valence-corrected chi connectivity index (χ1v) is 13.2. The number of aromatic nitrogens is 2. The van der Waals surface area contributed by atoms with Crippen LogP contribution in [0.5, 0.6) is 0 Å². The minimum atomic E-state index is -4.54. The normalized spacial score (nSPS) is 18.9. The quantitative estimate of drug-likeness (QED) is 0.456. The third-order valence-corrected chi connectivity index (χ3v) is 8.05. The molecule has 2 amide bonds. The summed E-state index contributed by atoms with van der Waals surface area (Å²) in [4.78, 5) is 19.1. The summed E-state index contributed by atoms with van der Waals surface area (Å²) in [6.45, 7) is 4.65. The van der Waals surface area contributed by atoms with Gasteiger partial charge < -0.3 is 15.1 Å². The molecule has 2 saturated heterocycles. The fraction of sp³-hybridized carbons (Fsp3) is 0.429. The van der Waals surface area contributed by atoms with E-state index in [0.29, 0.717) is 44.0 Å². The third kappa shape index (κ3) is 4.73. The summed E-state index contributed by atoms with van der Waals surface area (Å²) in [7, 11) is 0. The van der Waals surface area contributed by atoms with Crippen molar-refractivity contribution in [3.8, 4) is 0 Å². The lowest BCUT2D eigenvalue weighted by Crippen LogP contribution is -2.54. The topological polar surface area (TPSA) is 56.6 Å². The van der Waals surface area contributed by atoms with Crippen LogP contribution in [-0.4, -0.2) is 52.9 Å². The van der Waals surface area contributed by atoms with Crippen molar-refractivity contribution in [1.82, 2.24) is 20.0 Å². The number of hydrogen-bond acceptors (Lipinski definition) is 4. The highest BCUT2D eigenvalue weighted by Crippen LogP contribution is 2.37. The van der Waals surface area contributed by atoms with Crippen molar-refractivity contribution in [1.29, 1.82) is 0 Å². The monoisotopic (exact) mass is 542 g/mol. The zero-order valence-electron chi connectivity index (χ0n) is 21.6. The van der Waals surface area contributed by atoms with Crippen LogP contribution in [0.3, 0.4) is 0 Å². The van der Waals surface area contributed by atoms with Gasteiger partial charge in [-0.2, -0.15) is 18.3 Å². The van der Waals surface area contributed by atoms with Crippen molar-refractivity contribution >= 4 is 17.5 Å². The number of nitrogens with zero attached hydrogens (tertiary/aromatic N) is 5. The van der Waals surface area contributed by atoms with Crippen LogP contribution in [0, 0.1) is 12.7 Å². The van der Waals surface area contributed by atoms with Crippen molar-refractivity contribution in [2.45, 2.75) is 51.1 Å². The highest BCUT2D eigenvalue weighted by Gasteiger charge is 2.40. The number of hydrogen-bond donors (Lipinski definition) is 1. The number of para-hydroxylation sites is 1. The Hall–Kier alpha value is -3.60. The minimum Gasteiger partial charge on any atom is -0.369 e. The molecule has 2 fully saturated rings. The maximum absolute atomic E-state index is 14.6. The van der Waals surface area contributed by atoms with Crippen molar-refractivity contribution in [3.63, 3.8) is 0 Å². The Balaban J connectivity index is 1.28. The van der Waals surface area contributed by atoms with E-state index in [2.05, 4.69) is 10.4 Å². The summed E-state index contributed by atoms with van der Waals surface area (Å²) in [5, 5.41) is 7.87. The van der Waals surface area contributed by atoms with Gasteiger partial charge in [0.2, 0.25) is 0 Å². The number of urea groups is 1. The van der Waals surface area contributed by atoms with E-state index in [1.54, 1.807) is 17.0 Å². The Kier molecular flexibility index (Phi) is 6.49. The molecule has 3 aliphatic heterocycles. The molecule has 3 aromatic rings. The summed E-state index contributed by atoms with van der Waals surface area (Å²) in [5.41, 5.74) is 1.53. The van der Waals surface area contributed by atoms with E-state index in [4.69, 9.17) is 0 Å². The number of carbonyl (C=O) groups is 1. The number of fused-ring (bicyclic) bond motifs is 1. The molecule has 4 heterocycles. The highest BCUT2D eigenvalue weighted by molar-refractivity contribution is 5.94. The van der Waals surface area contributed by atoms with Gasteiger partial charge in [0, 0.05) is 44.0 Å². The van der Waals surface area contributed by atoms with Gasteiger partial charge in [-0.15, -0.1) is 0 Å². The lowest BCUT2D eigenvalue weighted by molar-refractivity contribution is -0.138. The van der Waals surface area contributed by atoms with Crippen LogP contribution in [0.15, 0.2) is 48.7 Å². The van der Waals surface area contributed by atoms with Crippen LogP contribution in [0.1, 0.15) is 41.1 Å². The van der Waals surface area contributed by atoms with Gasteiger partial charge >= 0.3 is 12.2 Å². The number of aryl methyl sites for hydroxylation is 1. The average Bonchev–Trinajstić information content (AvgIpc) is 3.27. The standard InChI is InChI=1S/C28H30F4N6O/c1-18-5-4-8-24(29)25(18)35-11-9-21(10-12-35)36-16-20-17-38(22-13-33-14-22)34-26(20)37(27(36)39)15-19-6-2-3-7-23(19)28(30,31)32/h2-8,17,21-22,33H,9-16H2,1H3. The van der Waals surface area contributed by atoms with Crippen LogP contribution in [0.4, 0.5) is 33.9 Å². The summed E-state index contributed by atoms with van der Waals surface area (Å²) in [5.74, 6) is 0.152. The number of alkyl halides is 3. The summed E-state index contributed by atoms with van der Waals surface area (Å²) in [6, 6.07) is 10.1. The van der Waals surface area contributed by atoms with E-state index >= 15 is 0 Å². The van der Waals surface area contributed by atoms with Gasteiger partial charge in [0.15, 0.2) is 5.82 Å². The molecule has 11 heteroatoms. The number of rotatable bonds is 5. The average molecular weight is 543 g/mol. The van der Waals surface area contributed by atoms with Crippen molar-refractivity contribution < 1.29 is 22.4 Å². The molecule has 0 saturated carbocycles. The molecule has 39 heavy (non-hydrogen) atoms. The van der Waals surface area contributed by atoms with Crippen LogP contribution < -0.4 is 15.1 Å². The van der Waals surface area contributed by atoms with Gasteiger partial charge in [0.1, 0.15) is 5.82 Å². The van der Waals surface area contributed by atoms with E-state index in [0.717, 1.165) is 30.3 Å². The summed E-state index contributed by atoms with van der Waals surface area (Å²) in [6.07, 6.45) is -1.36. The van der Waals surface area contributed by atoms with Gasteiger partial charge in [-0.05, 0) is 43.0 Å². The smallest absolute Gasteiger partial charge is 0.369 e. The van der Waals surface area contributed by atoms with E-state index in [9.17, 15) is 22.4 Å². The van der Waals surface area contributed by atoms with E-state index in [1.807, 2.05) is 28.8 Å². The van der Waals surface area contributed by atoms with Crippen molar-refractivity contribution in [2.75, 3.05) is 36.0 Å². The maximum atomic E-state index is 14.6. The summed E-state index contributed by atoms with van der Waals surface area (Å²) >= 11 is 0. The number of amides is 2. The first-order valence-electron chi connectivity index (χ1n) is 13.2. The molecule has 2 aromatic carbocycles. The number of halogens is 4. The van der Waals surface area contributed by atoms with Crippen LogP contribution in [0.2, 0.25) is 0 Å². The lowest BCUT2D eigenvalue weighted by Gasteiger charge is -2.43. The van der Waals surface area contributed by atoms with E-state index in [1.165, 1.54) is 23.1 Å². The number of anilines is 2. The number of benzene rings is 2. The summed E-state index contributed by atoms with van der Waals surface area (Å²) < 4.78 is 57.8. The molecule has 0 spiro atoms. The molecule has 0 unspecified atom stereocenters. The Morgan fingerprint density at radius 2 is 1.77 bits per heavy atom. The first kappa shape index (κ1) is 25.7. The molecule has 1 N–H and O–H groups in total. The van der Waals surface area contributed by atoms with E-state index < -0.39 is 11.7 Å². The van der Waals surface area contributed by atoms with Crippen LogP contribution in [-0.2, 0) is 19.3 Å². The van der Waals surface area contributed by atoms with Gasteiger partial charge in [0.05, 0.1) is 30.4 Å². The zero-order valence-corrected chi connectivity index (χ0v) is 21.6. The number of nitrogens with one attached hydrogen (secondary N) is 1. The molecular weight excluding hydrogens is 512 g/mol. The fourth-order valence-electron chi connectivity index (χ4n) is 5.86. The Labute approximate surface area is 224 Å². The molecule has 206 valence electrons. The SMILES string of the molecule is Cc1cccc(F)c1N1CCC(N2Cc3cn(C4CNC4)nc3N(Cc3ccccc3C(F)(F)F)C2=O)CC1. The van der Waals surface area contributed by atoms with Gasteiger partial charge in [-0.1, -0.05) is 30.3 Å². The maximum Gasteiger partial charge on any atom is 0.416 e. The molecule has 0 aliphatic carbocycles. The van der Waals surface area contributed by atoms with Crippen LogP contribution in [0.25, 0.3) is 0 Å². The van der Waals surface area contributed by atoms with Crippen molar-refractivity contribution in [3.05, 3.63) is 76.7 Å². The van der Waals surface area contributed by atoms with Gasteiger partial charge in [-0.25, -0.2) is 9.18 Å². The second-order valence-electron chi connectivity index (χ2n) is 10.5. The van der Waals surface area contributed by atoms with Crippen molar-refractivity contribution in [2.24, 2.45) is 0 Å². The molecule has 3 aliphatic rings. The molecule has 0 atom stereocenters. The molecular formula is C28H30F4N6O. The Morgan fingerprint density at radius 1 is 1.03 bits per heavy atom. The molecule has 6 rings (SSSR count). The van der Waals surface area contributed by atoms with Crippen LogP contribution >= 0.6 is 0 Å². The first-order chi connectivity index (χ1) is 18.7. The zero-order chi connectivity index (χ0) is 27.3. The lowest BCUT2D eigenvalue weighted by atomic mass is 10.00. The predicted octanol–water partition coefficient (Wildman–Crippen LogP) is 5.10. The molecule has 0 bridgehead atoms. The third-order valence-electron chi connectivity index (χ3n) is 8.05. The second kappa shape index (κ2) is 9.86. The molecule has 0 radical (unpaired) electrons. The van der Waals surface area contributed by atoms with E-state index in [-0.39, 0.29) is 36.0 Å². The second-order valence-corrected chi connectivity index (χ2v) is 10.5. The number of carbonyl (C=O) groups excluding carboxylic acids is 1. The Morgan fingerprint density at radius 3 is 2.44 bits per heavy atom.